The first-order chi connectivity index (χ1) is 25.1. The van der Waals surface area contributed by atoms with Crippen LogP contribution < -0.4 is 0 Å². The van der Waals surface area contributed by atoms with Gasteiger partial charge in [-0.2, -0.15) is 0 Å². The van der Waals surface area contributed by atoms with Crippen molar-refractivity contribution in [1.82, 2.24) is 9.13 Å². The molecule has 0 saturated carbocycles. The molecule has 5 heteroatoms. The Kier molecular flexibility index (Phi) is 9.03. The van der Waals surface area contributed by atoms with Crippen LogP contribution in [0.2, 0.25) is 0 Å². The topological polar surface area (TPSA) is 37.5 Å². The van der Waals surface area contributed by atoms with Crippen molar-refractivity contribution in [3.8, 4) is 11.8 Å². The molecular weight excluding hydrogens is 629 g/mol. The lowest BCUT2D eigenvalue weighted by molar-refractivity contribution is -0.118. The van der Waals surface area contributed by atoms with E-state index in [1.54, 1.807) is 0 Å². The summed E-state index contributed by atoms with van der Waals surface area (Å²) in [6.07, 6.45) is 6.22. The van der Waals surface area contributed by atoms with Crippen LogP contribution in [0.15, 0.2) is 164 Å². The van der Waals surface area contributed by atoms with Crippen LogP contribution in [0, 0.1) is 11.8 Å². The smallest absolute Gasteiger partial charge is 0.214 e. The fourth-order valence-electron chi connectivity index (χ4n) is 7.22. The van der Waals surface area contributed by atoms with Gasteiger partial charge in [0.2, 0.25) is 5.60 Å². The molecule has 3 heterocycles. The van der Waals surface area contributed by atoms with Gasteiger partial charge in [-0.05, 0) is 53.0 Å². The second-order valence-electron chi connectivity index (χ2n) is 13.2. The highest BCUT2D eigenvalue weighted by atomic mass is 16.6. The average Bonchev–Trinajstić information content (AvgIpc) is 3.71. The molecule has 0 saturated heterocycles. The molecule has 0 unspecified atom stereocenters. The summed E-state index contributed by atoms with van der Waals surface area (Å²) in [4.78, 5) is 0. The van der Waals surface area contributed by atoms with E-state index in [2.05, 4.69) is 126 Å². The van der Waals surface area contributed by atoms with Gasteiger partial charge < -0.3 is 23.3 Å². The Morgan fingerprint density at radius 2 is 1.22 bits per heavy atom. The van der Waals surface area contributed by atoms with Gasteiger partial charge in [0.1, 0.15) is 12.4 Å². The second-order valence-corrected chi connectivity index (χ2v) is 13.2. The zero-order valence-electron chi connectivity index (χ0n) is 28.9. The van der Waals surface area contributed by atoms with E-state index in [0.29, 0.717) is 25.6 Å². The van der Waals surface area contributed by atoms with Gasteiger partial charge in [0.15, 0.2) is 0 Å². The number of nitrogens with zero attached hydrogens (tertiary/aromatic N) is 2. The van der Waals surface area contributed by atoms with Crippen molar-refractivity contribution >= 4 is 21.8 Å². The van der Waals surface area contributed by atoms with Crippen LogP contribution in [-0.2, 0) is 47.1 Å². The third-order valence-corrected chi connectivity index (χ3v) is 9.76. The van der Waals surface area contributed by atoms with E-state index in [0.717, 1.165) is 44.2 Å². The molecule has 0 amide bonds. The van der Waals surface area contributed by atoms with Crippen molar-refractivity contribution in [3.05, 3.63) is 192 Å². The van der Waals surface area contributed by atoms with E-state index in [9.17, 15) is 0 Å². The van der Waals surface area contributed by atoms with Crippen molar-refractivity contribution in [3.63, 3.8) is 0 Å². The molecule has 0 radical (unpaired) electrons. The number of hydrogen-bond donors (Lipinski definition) is 0. The Morgan fingerprint density at radius 3 is 1.92 bits per heavy atom. The summed E-state index contributed by atoms with van der Waals surface area (Å²) >= 11 is 0. The number of ether oxygens (including phenoxy) is 3. The van der Waals surface area contributed by atoms with Crippen molar-refractivity contribution < 1.29 is 14.2 Å². The minimum atomic E-state index is -1.24. The molecule has 0 N–H and O–H groups in total. The summed E-state index contributed by atoms with van der Waals surface area (Å²) in [7, 11) is 4.17. The zero-order valence-corrected chi connectivity index (χ0v) is 28.9. The molecule has 2 aromatic heterocycles. The highest BCUT2D eigenvalue weighted by Crippen LogP contribution is 2.48. The number of aromatic nitrogens is 2. The first-order valence-corrected chi connectivity index (χ1v) is 17.4. The van der Waals surface area contributed by atoms with E-state index in [-0.39, 0.29) is 5.92 Å². The van der Waals surface area contributed by atoms with Gasteiger partial charge in [0, 0.05) is 65.3 Å². The van der Waals surface area contributed by atoms with Crippen LogP contribution in [0.3, 0.4) is 0 Å². The third kappa shape index (κ3) is 6.48. The molecule has 0 bridgehead atoms. The summed E-state index contributed by atoms with van der Waals surface area (Å²) < 4.78 is 25.4. The molecule has 8 rings (SSSR count). The maximum atomic E-state index is 7.55. The normalized spacial score (nSPS) is 18.7. The van der Waals surface area contributed by atoms with E-state index in [1.807, 2.05) is 66.7 Å². The molecular formula is C46H40N2O3. The van der Waals surface area contributed by atoms with Gasteiger partial charge >= 0.3 is 0 Å². The molecule has 0 fully saturated rings. The summed E-state index contributed by atoms with van der Waals surface area (Å²) in [5, 5.41) is 2.23. The highest BCUT2D eigenvalue weighted by Gasteiger charge is 2.48. The first-order valence-electron chi connectivity index (χ1n) is 17.4. The Morgan fingerprint density at radius 1 is 0.647 bits per heavy atom. The minimum Gasteiger partial charge on any atom is -0.489 e. The van der Waals surface area contributed by atoms with Gasteiger partial charge in [-0.1, -0.05) is 121 Å². The van der Waals surface area contributed by atoms with Gasteiger partial charge in [0.05, 0.1) is 19.3 Å². The minimum absolute atomic E-state index is 0.181. The molecule has 1 aliphatic heterocycles. The molecule has 0 spiro atoms. The van der Waals surface area contributed by atoms with Gasteiger partial charge in [0.25, 0.3) is 0 Å². The molecule has 7 aromatic rings. The van der Waals surface area contributed by atoms with Crippen molar-refractivity contribution in [2.45, 2.75) is 30.8 Å². The van der Waals surface area contributed by atoms with Crippen molar-refractivity contribution in [2.75, 3.05) is 6.61 Å². The molecule has 3 atom stereocenters. The predicted octanol–water partition coefficient (Wildman–Crippen LogP) is 9.42. The van der Waals surface area contributed by atoms with E-state index >= 15 is 0 Å². The number of hydrogen-bond acceptors (Lipinski definition) is 3. The Hall–Kier alpha value is -5.80. The molecule has 51 heavy (non-hydrogen) atoms. The number of benzene rings is 5. The van der Waals surface area contributed by atoms with E-state index in [1.165, 1.54) is 5.39 Å². The third-order valence-electron chi connectivity index (χ3n) is 9.76. The maximum absolute atomic E-state index is 7.55. The number of rotatable bonds is 9. The second kappa shape index (κ2) is 14.2. The zero-order chi connectivity index (χ0) is 34.6. The largest absolute Gasteiger partial charge is 0.489 e. The lowest BCUT2D eigenvalue weighted by Gasteiger charge is -2.41. The molecule has 1 aliphatic rings. The SMILES string of the molecule is Cn1cc([C@@H]2C=C(OCc3ccccc3)[C@@](C#Cc3ccccc3)(c3cn(C)c4ccccc34)O[C@@H]2COCc2ccccc2)c2ccccc21. The fraction of sp³-hybridized carbons (Fsp3) is 0.174. The summed E-state index contributed by atoms with van der Waals surface area (Å²) in [5.74, 6) is 7.66. The maximum Gasteiger partial charge on any atom is 0.214 e. The van der Waals surface area contributed by atoms with Crippen molar-refractivity contribution in [1.29, 1.82) is 0 Å². The van der Waals surface area contributed by atoms with E-state index < -0.39 is 11.7 Å². The molecule has 252 valence electrons. The Bertz CT molecular complexity index is 2360. The van der Waals surface area contributed by atoms with Crippen LogP contribution in [0.1, 0.15) is 33.7 Å². The lowest BCUT2D eigenvalue weighted by Crippen LogP contribution is -2.44. The number of aryl methyl sites for hydroxylation is 2. The van der Waals surface area contributed by atoms with Crippen LogP contribution in [0.25, 0.3) is 21.8 Å². The average molecular weight is 669 g/mol. The number of fused-ring (bicyclic) bond motifs is 2. The standard InChI is InChI=1S/C46H40N2O3/c1-47-29-40(37-22-12-14-24-42(37)47)39-28-45(50-32-36-20-10-5-11-21-36)46(27-26-34-16-6-3-7-17-34,41-30-48(2)43-25-15-13-23-38(41)43)51-44(39)33-49-31-35-18-8-4-9-19-35/h3-25,28-30,39,44H,31-33H2,1-2H3/t39-,44+,46+/m0/s1. The summed E-state index contributed by atoms with van der Waals surface area (Å²) in [6.45, 7) is 1.19. The van der Waals surface area contributed by atoms with Crippen LogP contribution >= 0.6 is 0 Å². The highest BCUT2D eigenvalue weighted by molar-refractivity contribution is 5.87. The Balaban J connectivity index is 1.34. The van der Waals surface area contributed by atoms with Crippen LogP contribution in [0.4, 0.5) is 0 Å². The quantitative estimate of drug-likeness (QED) is 0.144. The van der Waals surface area contributed by atoms with Gasteiger partial charge in [-0.25, -0.2) is 0 Å². The summed E-state index contributed by atoms with van der Waals surface area (Å²) in [5.41, 5.74) is 6.18. The van der Waals surface area contributed by atoms with Crippen LogP contribution in [-0.4, -0.2) is 21.8 Å². The van der Waals surface area contributed by atoms with Gasteiger partial charge in [-0.15, -0.1) is 0 Å². The fourth-order valence-corrected chi connectivity index (χ4v) is 7.22. The van der Waals surface area contributed by atoms with E-state index in [4.69, 9.17) is 14.2 Å². The Labute approximate surface area is 299 Å². The summed E-state index contributed by atoms with van der Waals surface area (Å²) in [6, 6.07) is 47.6. The lowest BCUT2D eigenvalue weighted by atomic mass is 9.82. The molecule has 0 aliphatic carbocycles. The first kappa shape index (κ1) is 32.4. The predicted molar refractivity (Wildman–Crippen MR) is 204 cm³/mol. The molecule has 5 nitrogen and oxygen atoms in total. The number of para-hydroxylation sites is 2. The molecule has 5 aromatic carbocycles. The van der Waals surface area contributed by atoms with Crippen molar-refractivity contribution in [2.24, 2.45) is 14.1 Å². The van der Waals surface area contributed by atoms with Crippen LogP contribution in [0.5, 0.6) is 0 Å². The monoisotopic (exact) mass is 668 g/mol. The van der Waals surface area contributed by atoms with Gasteiger partial charge in [-0.3, -0.25) is 0 Å².